The summed E-state index contributed by atoms with van der Waals surface area (Å²) in [5, 5.41) is 3.27. The highest BCUT2D eigenvalue weighted by molar-refractivity contribution is 5.53. The van der Waals surface area contributed by atoms with Crippen LogP contribution in [0.5, 0.6) is 0 Å². The van der Waals surface area contributed by atoms with Crippen molar-refractivity contribution in [1.82, 2.24) is 5.32 Å². The number of rotatable bonds is 5. The van der Waals surface area contributed by atoms with Crippen LogP contribution in [0.4, 0.5) is 5.69 Å². The third kappa shape index (κ3) is 3.50. The van der Waals surface area contributed by atoms with Crippen LogP contribution in [0.15, 0.2) is 24.3 Å². The van der Waals surface area contributed by atoms with E-state index in [2.05, 4.69) is 48.5 Å². The molecule has 1 aliphatic carbocycles. The van der Waals surface area contributed by atoms with E-state index in [-0.39, 0.29) is 0 Å². The summed E-state index contributed by atoms with van der Waals surface area (Å²) in [6, 6.07) is 9.51. The van der Waals surface area contributed by atoms with Gasteiger partial charge in [-0.1, -0.05) is 31.5 Å². The maximum absolute atomic E-state index is 3.27. The van der Waals surface area contributed by atoms with E-state index in [1.54, 1.807) is 0 Å². The summed E-state index contributed by atoms with van der Waals surface area (Å²) < 4.78 is 0. The lowest BCUT2D eigenvalue weighted by atomic mass is 9.84. The third-order valence-electron chi connectivity index (χ3n) is 4.68. The van der Waals surface area contributed by atoms with Crippen LogP contribution in [0.1, 0.15) is 44.6 Å². The van der Waals surface area contributed by atoms with E-state index in [1.165, 1.54) is 43.4 Å². The van der Waals surface area contributed by atoms with Gasteiger partial charge in [-0.15, -0.1) is 0 Å². The monoisotopic (exact) mass is 260 g/mol. The number of nitrogens with one attached hydrogen (secondary N) is 1. The number of benzene rings is 1. The lowest BCUT2D eigenvalue weighted by Gasteiger charge is -2.36. The Morgan fingerprint density at radius 1 is 1.16 bits per heavy atom. The Morgan fingerprint density at radius 2 is 1.84 bits per heavy atom. The summed E-state index contributed by atoms with van der Waals surface area (Å²) in [4.78, 5) is 2.51. The van der Waals surface area contributed by atoms with Crippen molar-refractivity contribution in [2.24, 2.45) is 5.92 Å². The summed E-state index contributed by atoms with van der Waals surface area (Å²) in [7, 11) is 4.29. The molecule has 0 radical (unpaired) electrons. The second kappa shape index (κ2) is 6.95. The molecule has 2 nitrogen and oxygen atoms in total. The lowest BCUT2D eigenvalue weighted by Crippen LogP contribution is -2.35. The normalized spacial score (nSPS) is 23.3. The van der Waals surface area contributed by atoms with E-state index in [1.807, 2.05) is 7.05 Å². The molecule has 0 bridgehead atoms. The fraction of sp³-hybridized carbons (Fsp3) is 0.647. The highest BCUT2D eigenvalue weighted by Gasteiger charge is 2.24. The first-order valence-electron chi connectivity index (χ1n) is 7.71. The third-order valence-corrected chi connectivity index (χ3v) is 4.68. The molecular formula is C17H28N2. The van der Waals surface area contributed by atoms with Gasteiger partial charge in [0.25, 0.3) is 0 Å². The Balaban J connectivity index is 2.05. The van der Waals surface area contributed by atoms with Crippen LogP contribution in [0.3, 0.4) is 0 Å². The van der Waals surface area contributed by atoms with Gasteiger partial charge in [-0.3, -0.25) is 0 Å². The van der Waals surface area contributed by atoms with Crippen molar-refractivity contribution in [3.63, 3.8) is 0 Å². The molecule has 0 aromatic heterocycles. The fourth-order valence-corrected chi connectivity index (χ4v) is 3.33. The van der Waals surface area contributed by atoms with Gasteiger partial charge in [-0.25, -0.2) is 0 Å². The van der Waals surface area contributed by atoms with Crippen LogP contribution in [0.25, 0.3) is 0 Å². The summed E-state index contributed by atoms with van der Waals surface area (Å²) in [5.74, 6) is 0.970. The van der Waals surface area contributed by atoms with Gasteiger partial charge >= 0.3 is 0 Å². The van der Waals surface area contributed by atoms with Gasteiger partial charge in [-0.2, -0.15) is 0 Å². The van der Waals surface area contributed by atoms with Crippen LogP contribution in [-0.2, 0) is 6.54 Å². The standard InChI is InChI=1S/C17H28N2/c1-4-14-9-11-16(12-10-14)19(3)17-8-6-5-7-15(17)13-18-2/h5-8,14,16,18H,4,9-13H2,1-3H3. The quantitative estimate of drug-likeness (QED) is 0.866. The van der Waals surface area contributed by atoms with Crippen LogP contribution in [-0.4, -0.2) is 20.1 Å². The smallest absolute Gasteiger partial charge is 0.0411 e. The topological polar surface area (TPSA) is 15.3 Å². The molecule has 19 heavy (non-hydrogen) atoms. The summed E-state index contributed by atoms with van der Waals surface area (Å²) in [5.41, 5.74) is 2.81. The molecule has 1 saturated carbocycles. The first-order chi connectivity index (χ1) is 9.26. The molecule has 1 N–H and O–H groups in total. The van der Waals surface area contributed by atoms with Gasteiger partial charge in [0.05, 0.1) is 0 Å². The summed E-state index contributed by atoms with van der Waals surface area (Å²) >= 11 is 0. The van der Waals surface area contributed by atoms with Crippen LogP contribution in [0.2, 0.25) is 0 Å². The molecule has 0 atom stereocenters. The van der Waals surface area contributed by atoms with Gasteiger partial charge < -0.3 is 10.2 Å². The Morgan fingerprint density at radius 3 is 2.47 bits per heavy atom. The Kier molecular flexibility index (Phi) is 5.26. The van der Waals surface area contributed by atoms with E-state index in [0.29, 0.717) is 0 Å². The van der Waals surface area contributed by atoms with E-state index < -0.39 is 0 Å². The van der Waals surface area contributed by atoms with Gasteiger partial charge in [0.15, 0.2) is 0 Å². The maximum atomic E-state index is 3.27. The van der Waals surface area contributed by atoms with Gasteiger partial charge in [0, 0.05) is 25.3 Å². The second-order valence-electron chi connectivity index (χ2n) is 5.85. The zero-order valence-corrected chi connectivity index (χ0v) is 12.7. The van der Waals surface area contributed by atoms with Gasteiger partial charge in [0.2, 0.25) is 0 Å². The Labute approximate surface area is 118 Å². The van der Waals surface area contributed by atoms with Crippen molar-refractivity contribution < 1.29 is 0 Å². The lowest BCUT2D eigenvalue weighted by molar-refractivity contribution is 0.313. The highest BCUT2D eigenvalue weighted by atomic mass is 15.1. The zero-order chi connectivity index (χ0) is 13.7. The molecule has 2 heteroatoms. The van der Waals surface area contributed by atoms with Crippen molar-refractivity contribution >= 4 is 5.69 Å². The molecule has 1 fully saturated rings. The molecule has 0 amide bonds. The average molecular weight is 260 g/mol. The minimum atomic E-state index is 0.723. The first kappa shape index (κ1) is 14.4. The van der Waals surface area contributed by atoms with Crippen LogP contribution < -0.4 is 10.2 Å². The molecule has 2 rings (SSSR count). The number of hydrogen-bond acceptors (Lipinski definition) is 2. The average Bonchev–Trinajstić information content (AvgIpc) is 2.47. The number of hydrogen-bond donors (Lipinski definition) is 1. The van der Waals surface area contributed by atoms with Gasteiger partial charge in [-0.05, 0) is 50.3 Å². The summed E-state index contributed by atoms with van der Waals surface area (Å²) in [6.45, 7) is 3.28. The van der Waals surface area contributed by atoms with Crippen molar-refractivity contribution in [1.29, 1.82) is 0 Å². The minimum Gasteiger partial charge on any atom is -0.371 e. The van der Waals surface area contributed by atoms with Crippen LogP contribution >= 0.6 is 0 Å². The molecule has 0 unspecified atom stereocenters. The zero-order valence-electron chi connectivity index (χ0n) is 12.7. The molecule has 0 spiro atoms. The van der Waals surface area contributed by atoms with Crippen molar-refractivity contribution in [3.05, 3.63) is 29.8 Å². The molecule has 0 aliphatic heterocycles. The molecular weight excluding hydrogens is 232 g/mol. The summed E-state index contributed by atoms with van der Waals surface area (Å²) in [6.07, 6.45) is 6.86. The van der Waals surface area contributed by atoms with Crippen molar-refractivity contribution in [2.75, 3.05) is 19.0 Å². The SMILES string of the molecule is CCC1CCC(N(C)c2ccccc2CNC)CC1. The number of para-hydroxylation sites is 1. The molecule has 106 valence electrons. The largest absolute Gasteiger partial charge is 0.371 e. The molecule has 1 aromatic carbocycles. The fourth-order valence-electron chi connectivity index (χ4n) is 3.33. The Hall–Kier alpha value is -1.02. The Bertz CT molecular complexity index is 381. The predicted molar refractivity (Wildman–Crippen MR) is 83.6 cm³/mol. The molecule has 0 heterocycles. The maximum Gasteiger partial charge on any atom is 0.0411 e. The van der Waals surface area contributed by atoms with E-state index in [9.17, 15) is 0 Å². The van der Waals surface area contributed by atoms with Crippen molar-refractivity contribution in [2.45, 2.75) is 51.6 Å². The minimum absolute atomic E-state index is 0.723. The molecule has 1 aliphatic rings. The second-order valence-corrected chi connectivity index (χ2v) is 5.85. The molecule has 1 aromatic rings. The highest BCUT2D eigenvalue weighted by Crippen LogP contribution is 2.32. The number of anilines is 1. The van der Waals surface area contributed by atoms with E-state index in [4.69, 9.17) is 0 Å². The van der Waals surface area contributed by atoms with Crippen LogP contribution in [0, 0.1) is 5.92 Å². The van der Waals surface area contributed by atoms with Crippen molar-refractivity contribution in [3.8, 4) is 0 Å². The molecule has 0 saturated heterocycles. The van der Waals surface area contributed by atoms with Gasteiger partial charge in [0.1, 0.15) is 0 Å². The van der Waals surface area contributed by atoms with E-state index in [0.717, 1.165) is 18.5 Å². The predicted octanol–water partition coefficient (Wildman–Crippen LogP) is 3.81. The first-order valence-corrected chi connectivity index (χ1v) is 7.71. The number of nitrogens with zero attached hydrogens (tertiary/aromatic N) is 1. The van der Waals surface area contributed by atoms with E-state index >= 15 is 0 Å².